The second-order valence-electron chi connectivity index (χ2n) is 6.50. The molecule has 0 aliphatic carbocycles. The zero-order valence-corrected chi connectivity index (χ0v) is 16.8. The number of aromatic amines is 1. The highest BCUT2D eigenvalue weighted by Gasteiger charge is 2.16. The van der Waals surface area contributed by atoms with Crippen LogP contribution >= 0.6 is 0 Å². The predicted molar refractivity (Wildman–Crippen MR) is 111 cm³/mol. The lowest BCUT2D eigenvalue weighted by molar-refractivity contribution is 0.355. The molecule has 2 aromatic heterocycles. The molecule has 2 heterocycles. The first-order valence-corrected chi connectivity index (χ1v) is 9.49. The number of H-pyrrole nitrogens is 1. The Balaban J connectivity index is 2.20. The Labute approximate surface area is 164 Å². The van der Waals surface area contributed by atoms with Crippen LogP contribution in [0.5, 0.6) is 11.5 Å². The third-order valence-corrected chi connectivity index (χ3v) is 4.56. The number of aromatic nitrogens is 3. The summed E-state index contributed by atoms with van der Waals surface area (Å²) in [5, 5.41) is 0.511. The van der Waals surface area contributed by atoms with Crippen molar-refractivity contribution in [2.75, 3.05) is 32.2 Å². The molecule has 0 aliphatic heterocycles. The number of nitrogens with one attached hydrogen (secondary N) is 1. The molecule has 0 saturated heterocycles. The summed E-state index contributed by atoms with van der Waals surface area (Å²) < 4.78 is 10.7. The van der Waals surface area contributed by atoms with Crippen LogP contribution in [0.15, 0.2) is 35.3 Å². The molecular weight excluding hydrogens is 356 g/mol. The van der Waals surface area contributed by atoms with Gasteiger partial charge in [-0.25, -0.2) is 4.98 Å². The van der Waals surface area contributed by atoms with E-state index < -0.39 is 0 Å². The molecule has 28 heavy (non-hydrogen) atoms. The fraction of sp³-hybridized carbons (Fsp3) is 0.381. The third kappa shape index (κ3) is 3.78. The molecule has 0 saturated carbocycles. The van der Waals surface area contributed by atoms with E-state index in [9.17, 15) is 4.79 Å². The lowest BCUT2D eigenvalue weighted by atomic mass is 10.1. The van der Waals surface area contributed by atoms with E-state index in [1.54, 1.807) is 26.5 Å². The van der Waals surface area contributed by atoms with E-state index in [1.165, 1.54) is 0 Å². The molecule has 7 heteroatoms. The zero-order chi connectivity index (χ0) is 20.1. The van der Waals surface area contributed by atoms with Crippen LogP contribution in [-0.4, -0.2) is 42.3 Å². The summed E-state index contributed by atoms with van der Waals surface area (Å²) in [4.78, 5) is 27.0. The molecule has 0 atom stereocenters. The molecule has 0 fully saturated rings. The first-order valence-electron chi connectivity index (χ1n) is 9.49. The zero-order valence-electron chi connectivity index (χ0n) is 16.8. The number of benzene rings is 1. The van der Waals surface area contributed by atoms with E-state index in [0.29, 0.717) is 34.0 Å². The van der Waals surface area contributed by atoms with Crippen LogP contribution in [0, 0.1) is 0 Å². The third-order valence-electron chi connectivity index (χ3n) is 4.56. The quantitative estimate of drug-likeness (QED) is 0.641. The number of hydrogen-bond acceptors (Lipinski definition) is 6. The van der Waals surface area contributed by atoms with Gasteiger partial charge in [0.05, 0.1) is 25.3 Å². The van der Waals surface area contributed by atoms with Gasteiger partial charge in [0.2, 0.25) is 5.95 Å². The Bertz CT molecular complexity index is 1010. The summed E-state index contributed by atoms with van der Waals surface area (Å²) in [6, 6.07) is 7.25. The number of anilines is 1. The number of nitrogens with zero attached hydrogens (tertiary/aromatic N) is 3. The Morgan fingerprint density at radius 3 is 2.39 bits per heavy atom. The van der Waals surface area contributed by atoms with Crippen LogP contribution in [0.2, 0.25) is 0 Å². The fourth-order valence-corrected chi connectivity index (χ4v) is 3.26. The second-order valence-corrected chi connectivity index (χ2v) is 6.50. The lowest BCUT2D eigenvalue weighted by Crippen LogP contribution is -2.29. The van der Waals surface area contributed by atoms with E-state index in [2.05, 4.69) is 28.7 Å². The van der Waals surface area contributed by atoms with Crippen molar-refractivity contribution < 1.29 is 9.47 Å². The smallest absolute Gasteiger partial charge is 0.260 e. The molecular formula is C21H26N4O3. The Kier molecular flexibility index (Phi) is 6.13. The van der Waals surface area contributed by atoms with Crippen LogP contribution in [0.1, 0.15) is 26.7 Å². The fourth-order valence-electron chi connectivity index (χ4n) is 3.26. The van der Waals surface area contributed by atoms with Gasteiger partial charge in [0.1, 0.15) is 5.52 Å². The average Bonchev–Trinajstić information content (AvgIpc) is 2.72. The molecule has 0 unspecified atom stereocenters. The van der Waals surface area contributed by atoms with Gasteiger partial charge in [0, 0.05) is 24.8 Å². The Morgan fingerprint density at radius 2 is 1.75 bits per heavy atom. The largest absolute Gasteiger partial charge is 0.493 e. The minimum Gasteiger partial charge on any atom is -0.493 e. The Hall–Kier alpha value is -3.09. The van der Waals surface area contributed by atoms with Crippen LogP contribution in [0.25, 0.3) is 22.2 Å². The number of methoxy groups -OCH3 is 2. The standard InChI is InChI=1S/C21H26N4O3/c1-5-11-25(12-6-2)21-23-19-15(20(26)24-21)9-10-22-18(19)14-7-8-16(27-3)17(13-14)28-4/h7-10,13H,5-6,11-12H2,1-4H3,(H,23,24,26). The van der Waals surface area contributed by atoms with Gasteiger partial charge in [-0.3, -0.25) is 14.8 Å². The van der Waals surface area contributed by atoms with Crippen LogP contribution in [0.3, 0.4) is 0 Å². The minimum atomic E-state index is -0.165. The molecule has 148 valence electrons. The first-order chi connectivity index (χ1) is 13.6. The predicted octanol–water partition coefficient (Wildman–Crippen LogP) is 3.63. The van der Waals surface area contributed by atoms with Crippen LogP contribution in [0.4, 0.5) is 5.95 Å². The molecule has 3 rings (SSSR count). The summed E-state index contributed by atoms with van der Waals surface area (Å²) >= 11 is 0. The van der Waals surface area contributed by atoms with Crippen LogP contribution in [-0.2, 0) is 0 Å². The summed E-state index contributed by atoms with van der Waals surface area (Å²) in [5.41, 5.74) is 1.86. The van der Waals surface area contributed by atoms with Crippen molar-refractivity contribution in [1.29, 1.82) is 0 Å². The van der Waals surface area contributed by atoms with E-state index in [1.807, 2.05) is 18.2 Å². The van der Waals surface area contributed by atoms with Gasteiger partial charge in [-0.05, 0) is 37.1 Å². The van der Waals surface area contributed by atoms with Crippen molar-refractivity contribution >= 4 is 16.9 Å². The van der Waals surface area contributed by atoms with E-state index in [0.717, 1.165) is 31.5 Å². The summed E-state index contributed by atoms with van der Waals surface area (Å²) in [5.74, 6) is 1.81. The summed E-state index contributed by atoms with van der Waals surface area (Å²) in [6.45, 7) is 5.87. The second kappa shape index (κ2) is 8.73. The maximum atomic E-state index is 12.7. The number of hydrogen-bond donors (Lipinski definition) is 1. The highest BCUT2D eigenvalue weighted by atomic mass is 16.5. The number of fused-ring (bicyclic) bond motifs is 1. The van der Waals surface area contributed by atoms with E-state index in [4.69, 9.17) is 14.5 Å². The van der Waals surface area contributed by atoms with Gasteiger partial charge in [-0.2, -0.15) is 0 Å². The van der Waals surface area contributed by atoms with Crippen molar-refractivity contribution in [2.45, 2.75) is 26.7 Å². The van der Waals surface area contributed by atoms with E-state index >= 15 is 0 Å². The molecule has 0 spiro atoms. The molecule has 0 radical (unpaired) electrons. The molecule has 0 aliphatic rings. The molecule has 3 aromatic rings. The van der Waals surface area contributed by atoms with Gasteiger partial charge >= 0.3 is 0 Å². The Morgan fingerprint density at radius 1 is 1.04 bits per heavy atom. The van der Waals surface area contributed by atoms with Crippen LogP contribution < -0.4 is 19.9 Å². The monoisotopic (exact) mass is 382 g/mol. The molecule has 1 N–H and O–H groups in total. The highest BCUT2D eigenvalue weighted by molar-refractivity contribution is 5.91. The SMILES string of the molecule is CCCN(CCC)c1nc2c(-c3ccc(OC)c(OC)c3)nccc2c(=O)[nH]1. The van der Waals surface area contributed by atoms with Crippen molar-refractivity contribution in [3.05, 3.63) is 40.8 Å². The lowest BCUT2D eigenvalue weighted by Gasteiger charge is -2.22. The maximum absolute atomic E-state index is 12.7. The van der Waals surface area contributed by atoms with E-state index in [-0.39, 0.29) is 5.56 Å². The number of pyridine rings is 1. The summed E-state index contributed by atoms with van der Waals surface area (Å²) in [7, 11) is 3.18. The van der Waals surface area contributed by atoms with Crippen molar-refractivity contribution in [1.82, 2.24) is 15.0 Å². The van der Waals surface area contributed by atoms with Gasteiger partial charge in [-0.1, -0.05) is 13.8 Å². The highest BCUT2D eigenvalue weighted by Crippen LogP contribution is 2.33. The normalized spacial score (nSPS) is 10.9. The molecule has 7 nitrogen and oxygen atoms in total. The number of ether oxygens (including phenoxy) is 2. The molecule has 1 aromatic carbocycles. The minimum absolute atomic E-state index is 0.165. The van der Waals surface area contributed by atoms with Crippen molar-refractivity contribution in [2.24, 2.45) is 0 Å². The van der Waals surface area contributed by atoms with Gasteiger partial charge in [0.15, 0.2) is 11.5 Å². The van der Waals surface area contributed by atoms with Gasteiger partial charge < -0.3 is 14.4 Å². The maximum Gasteiger partial charge on any atom is 0.260 e. The van der Waals surface area contributed by atoms with Crippen molar-refractivity contribution in [3.63, 3.8) is 0 Å². The topological polar surface area (TPSA) is 80.3 Å². The summed E-state index contributed by atoms with van der Waals surface area (Å²) in [6.07, 6.45) is 3.56. The first kappa shape index (κ1) is 19.7. The average molecular weight is 382 g/mol. The molecule has 0 bridgehead atoms. The van der Waals surface area contributed by atoms with Gasteiger partial charge in [0.25, 0.3) is 5.56 Å². The molecule has 0 amide bonds. The van der Waals surface area contributed by atoms with Crippen molar-refractivity contribution in [3.8, 4) is 22.8 Å². The number of rotatable bonds is 8. The van der Waals surface area contributed by atoms with Gasteiger partial charge in [-0.15, -0.1) is 0 Å².